The molecule has 0 spiro atoms. The zero-order valence-electron chi connectivity index (χ0n) is 14.8. The fraction of sp³-hybridized carbons (Fsp3) is 0.421. The monoisotopic (exact) mass is 507 g/mol. The van der Waals surface area contributed by atoms with Crippen molar-refractivity contribution in [2.24, 2.45) is 5.41 Å². The first-order valence-corrected chi connectivity index (χ1v) is 11.2. The van der Waals surface area contributed by atoms with Crippen LogP contribution in [0.15, 0.2) is 30.5 Å². The van der Waals surface area contributed by atoms with Gasteiger partial charge in [0.2, 0.25) is 0 Å². The number of benzene rings is 1. The summed E-state index contributed by atoms with van der Waals surface area (Å²) >= 11 is 0. The Morgan fingerprint density at radius 2 is 1.87 bits per heavy atom. The summed E-state index contributed by atoms with van der Waals surface area (Å²) in [6.07, 6.45) is 2.93. The Morgan fingerprint density at radius 3 is 2.39 bits per heavy atom. The van der Waals surface area contributed by atoms with Crippen LogP contribution < -0.4 is 5.19 Å². The number of hydrogen-bond donors (Lipinski definition) is 0. The number of rotatable bonds is 3. The van der Waals surface area contributed by atoms with Crippen molar-refractivity contribution < 1.29 is 24.5 Å². The van der Waals surface area contributed by atoms with Crippen molar-refractivity contribution in [2.45, 2.75) is 46.8 Å². The van der Waals surface area contributed by atoms with Gasteiger partial charge in [-0.2, -0.15) is 0 Å². The number of aromatic nitrogens is 1. The molecule has 0 fully saturated rings. The third kappa shape index (κ3) is 5.34. The molecule has 1 heterocycles. The van der Waals surface area contributed by atoms with Gasteiger partial charge in [0.15, 0.2) is 0 Å². The van der Waals surface area contributed by atoms with Crippen molar-refractivity contribution in [2.75, 3.05) is 0 Å². The molecule has 0 N–H and O–H groups in total. The molecule has 0 unspecified atom stereocenters. The fourth-order valence-electron chi connectivity index (χ4n) is 2.64. The van der Waals surface area contributed by atoms with E-state index in [0.29, 0.717) is 11.3 Å². The molecule has 127 valence electrons. The second-order valence-electron chi connectivity index (χ2n) is 8.11. The van der Waals surface area contributed by atoms with Gasteiger partial charge in [0.1, 0.15) is 0 Å². The van der Waals surface area contributed by atoms with Gasteiger partial charge in [-0.25, -0.2) is 0 Å². The van der Waals surface area contributed by atoms with E-state index in [1.54, 1.807) is 12.1 Å². The van der Waals surface area contributed by atoms with Crippen LogP contribution in [0.4, 0.5) is 4.39 Å². The number of nitrogens with zero attached hydrogens (tertiary/aromatic N) is 1. The van der Waals surface area contributed by atoms with E-state index in [-0.39, 0.29) is 31.3 Å². The van der Waals surface area contributed by atoms with Crippen LogP contribution in [0.2, 0.25) is 19.6 Å². The smallest absolute Gasteiger partial charge is 0.0798 e. The first kappa shape index (κ1) is 20.2. The molecule has 0 aliphatic rings. The number of pyridine rings is 1. The van der Waals surface area contributed by atoms with E-state index in [2.05, 4.69) is 57.5 Å². The molecule has 0 amide bonds. The normalized spacial score (nSPS) is 12.0. The van der Waals surface area contributed by atoms with Gasteiger partial charge in [-0.1, -0.05) is 57.6 Å². The van der Waals surface area contributed by atoms with Crippen LogP contribution in [0.25, 0.3) is 11.3 Å². The maximum atomic E-state index is 14.0. The van der Waals surface area contributed by atoms with Crippen molar-refractivity contribution >= 4 is 13.3 Å². The zero-order valence-corrected chi connectivity index (χ0v) is 18.1. The Morgan fingerprint density at radius 1 is 1.22 bits per heavy atom. The molecule has 0 aliphatic carbocycles. The van der Waals surface area contributed by atoms with Crippen molar-refractivity contribution in [1.29, 1.82) is 0 Å². The van der Waals surface area contributed by atoms with Crippen LogP contribution in [-0.4, -0.2) is 13.1 Å². The molecular weight excluding hydrogens is 482 g/mol. The first-order chi connectivity index (χ1) is 10.1. The molecule has 0 saturated carbocycles. The minimum Gasteiger partial charge on any atom is -0.305 e. The van der Waals surface area contributed by atoms with E-state index >= 15 is 0 Å². The molecule has 1 aromatic heterocycles. The molecule has 0 atom stereocenters. The van der Waals surface area contributed by atoms with Gasteiger partial charge < -0.3 is 4.98 Å². The summed E-state index contributed by atoms with van der Waals surface area (Å²) in [5.74, 6) is -0.266. The molecule has 0 bridgehead atoms. The van der Waals surface area contributed by atoms with Gasteiger partial charge in [0, 0.05) is 32.1 Å². The Labute approximate surface area is 154 Å². The van der Waals surface area contributed by atoms with Crippen LogP contribution in [0.1, 0.15) is 26.3 Å². The quantitative estimate of drug-likeness (QED) is 0.430. The molecule has 23 heavy (non-hydrogen) atoms. The summed E-state index contributed by atoms with van der Waals surface area (Å²) < 4.78 is 14.0. The summed E-state index contributed by atoms with van der Waals surface area (Å²) in [6, 6.07) is 9.89. The number of hydrogen-bond acceptors (Lipinski definition) is 1. The van der Waals surface area contributed by atoms with E-state index in [0.717, 1.165) is 6.42 Å². The van der Waals surface area contributed by atoms with Gasteiger partial charge in [-0.3, -0.25) is 4.39 Å². The molecule has 1 nitrogen and oxygen atoms in total. The molecule has 0 saturated heterocycles. The Balaban J connectivity index is 0.00000264. The van der Waals surface area contributed by atoms with E-state index in [1.165, 1.54) is 16.8 Å². The average Bonchev–Trinajstić information content (AvgIpc) is 2.35. The molecule has 2 rings (SSSR count). The minimum atomic E-state index is -1.48. The Bertz CT molecular complexity index is 672. The predicted molar refractivity (Wildman–Crippen MR) is 94.6 cm³/mol. The molecule has 1 radical (unpaired) electrons. The third-order valence-electron chi connectivity index (χ3n) is 3.58. The van der Waals surface area contributed by atoms with Gasteiger partial charge >= 0.3 is 0 Å². The van der Waals surface area contributed by atoms with Crippen LogP contribution >= 0.6 is 0 Å². The van der Waals surface area contributed by atoms with E-state index in [9.17, 15) is 4.39 Å². The molecule has 1 aromatic carbocycles. The number of halogens is 1. The molecule has 2 aromatic rings. The fourth-order valence-corrected chi connectivity index (χ4v) is 4.22. The SMILES string of the molecule is CC(C)(C)Cc1cc(-c2[c-]cccc2F)ncc1[Si](C)(C)C.[Ir]. The Kier molecular flexibility index (Phi) is 6.48. The standard InChI is InChI=1S/C19H25FNSi.Ir/c1-19(2,3)12-14-11-17(15-9-7-8-10-16(15)20)21-13-18(14)22(4,5)6;/h7-8,10-11,13H,12H2,1-6H3;/q-1;. The molecule has 4 heteroatoms. The summed E-state index contributed by atoms with van der Waals surface area (Å²) in [5.41, 5.74) is 2.62. The van der Waals surface area contributed by atoms with E-state index < -0.39 is 8.07 Å². The van der Waals surface area contributed by atoms with Crippen LogP contribution in [-0.2, 0) is 26.5 Å². The average molecular weight is 507 g/mol. The largest absolute Gasteiger partial charge is 0.305 e. The van der Waals surface area contributed by atoms with Crippen molar-refractivity contribution in [3.05, 3.63) is 47.9 Å². The van der Waals surface area contributed by atoms with Crippen molar-refractivity contribution in [3.63, 3.8) is 0 Å². The first-order valence-electron chi connectivity index (χ1n) is 7.74. The van der Waals surface area contributed by atoms with E-state index in [1.807, 2.05) is 6.20 Å². The topological polar surface area (TPSA) is 12.9 Å². The van der Waals surface area contributed by atoms with E-state index in [4.69, 9.17) is 0 Å². The van der Waals surface area contributed by atoms with Crippen molar-refractivity contribution in [3.8, 4) is 11.3 Å². The van der Waals surface area contributed by atoms with Crippen molar-refractivity contribution in [1.82, 2.24) is 4.98 Å². The van der Waals surface area contributed by atoms with Gasteiger partial charge in [0.05, 0.1) is 8.07 Å². The van der Waals surface area contributed by atoms with Crippen LogP contribution in [0, 0.1) is 17.3 Å². The second-order valence-corrected chi connectivity index (χ2v) is 13.1. The van der Waals surface area contributed by atoms with Crippen LogP contribution in [0.3, 0.4) is 0 Å². The zero-order chi connectivity index (χ0) is 16.5. The summed E-state index contributed by atoms with van der Waals surface area (Å²) in [6.45, 7) is 13.7. The van der Waals surface area contributed by atoms with Gasteiger partial charge in [-0.15, -0.1) is 24.3 Å². The minimum absolute atomic E-state index is 0. The maximum Gasteiger partial charge on any atom is 0.0798 e. The Hall–Kier alpha value is -0.834. The molecule has 0 aliphatic heterocycles. The van der Waals surface area contributed by atoms with Gasteiger partial charge in [0.25, 0.3) is 0 Å². The van der Waals surface area contributed by atoms with Gasteiger partial charge in [-0.05, 0) is 22.7 Å². The van der Waals surface area contributed by atoms with Crippen LogP contribution in [0.5, 0.6) is 0 Å². The maximum absolute atomic E-state index is 14.0. The second kappa shape index (κ2) is 7.37. The summed E-state index contributed by atoms with van der Waals surface area (Å²) in [7, 11) is -1.48. The third-order valence-corrected chi connectivity index (χ3v) is 5.65. The summed E-state index contributed by atoms with van der Waals surface area (Å²) in [4.78, 5) is 4.53. The molecular formula is C19H25FIrNSi-. The summed E-state index contributed by atoms with van der Waals surface area (Å²) in [5, 5.41) is 1.36. The predicted octanol–water partition coefficient (Wildman–Crippen LogP) is 4.82.